The second-order valence-corrected chi connectivity index (χ2v) is 4.45. The van der Waals surface area contributed by atoms with Gasteiger partial charge in [-0.1, -0.05) is 0 Å². The summed E-state index contributed by atoms with van der Waals surface area (Å²) in [6.45, 7) is 2.65. The minimum absolute atomic E-state index is 0.00169. The number of likely N-dealkylation sites (tertiary alicyclic amines) is 1. The summed E-state index contributed by atoms with van der Waals surface area (Å²) in [6.07, 6.45) is 2.65. The zero-order valence-corrected chi connectivity index (χ0v) is 8.32. The summed E-state index contributed by atoms with van der Waals surface area (Å²) < 4.78 is 0. The van der Waals surface area contributed by atoms with Crippen molar-refractivity contribution < 1.29 is 14.7 Å². The Morgan fingerprint density at radius 3 is 2.79 bits per heavy atom. The van der Waals surface area contributed by atoms with E-state index in [9.17, 15) is 9.59 Å². The zero-order chi connectivity index (χ0) is 10.3. The number of carbonyl (C=O) groups is 2. The maximum Gasteiger partial charge on any atom is 0.311 e. The summed E-state index contributed by atoms with van der Waals surface area (Å²) in [5, 5.41) is 9.13. The van der Waals surface area contributed by atoms with Gasteiger partial charge in [0.2, 0.25) is 5.91 Å². The SMILES string of the molecule is CC(=O)N1CCCC2CC2(C(=O)O)C1. The van der Waals surface area contributed by atoms with Gasteiger partial charge in [-0.2, -0.15) is 0 Å². The lowest BCUT2D eigenvalue weighted by Crippen LogP contribution is -2.37. The summed E-state index contributed by atoms with van der Waals surface area (Å²) in [7, 11) is 0. The molecule has 0 spiro atoms. The number of nitrogens with zero attached hydrogens (tertiary/aromatic N) is 1. The van der Waals surface area contributed by atoms with Gasteiger partial charge in [-0.15, -0.1) is 0 Å². The van der Waals surface area contributed by atoms with E-state index in [2.05, 4.69) is 0 Å². The van der Waals surface area contributed by atoms with Crippen LogP contribution in [-0.4, -0.2) is 35.0 Å². The molecule has 0 aromatic heterocycles. The van der Waals surface area contributed by atoms with E-state index in [1.165, 1.54) is 6.92 Å². The highest BCUT2D eigenvalue weighted by atomic mass is 16.4. The Morgan fingerprint density at radius 1 is 1.50 bits per heavy atom. The number of rotatable bonds is 1. The van der Waals surface area contributed by atoms with Crippen molar-refractivity contribution in [2.24, 2.45) is 11.3 Å². The minimum atomic E-state index is -0.726. The maximum absolute atomic E-state index is 11.2. The Kier molecular flexibility index (Phi) is 2.01. The summed E-state index contributed by atoms with van der Waals surface area (Å²) in [5.41, 5.74) is -0.595. The van der Waals surface area contributed by atoms with Crippen molar-refractivity contribution in [1.82, 2.24) is 4.90 Å². The largest absolute Gasteiger partial charge is 0.481 e. The van der Waals surface area contributed by atoms with Gasteiger partial charge >= 0.3 is 5.97 Å². The molecule has 4 nitrogen and oxygen atoms in total. The van der Waals surface area contributed by atoms with Gasteiger partial charge in [0.15, 0.2) is 0 Å². The Bertz CT molecular complexity index is 289. The number of carboxylic acids is 1. The van der Waals surface area contributed by atoms with Crippen molar-refractivity contribution in [3.05, 3.63) is 0 Å². The fraction of sp³-hybridized carbons (Fsp3) is 0.800. The third kappa shape index (κ3) is 1.29. The molecule has 4 heteroatoms. The van der Waals surface area contributed by atoms with E-state index in [4.69, 9.17) is 5.11 Å². The first-order valence-electron chi connectivity index (χ1n) is 5.05. The first-order valence-corrected chi connectivity index (χ1v) is 5.05. The molecule has 2 aliphatic rings. The second-order valence-electron chi connectivity index (χ2n) is 4.45. The van der Waals surface area contributed by atoms with Gasteiger partial charge in [-0.05, 0) is 25.2 Å². The van der Waals surface area contributed by atoms with Crippen LogP contribution in [0.3, 0.4) is 0 Å². The minimum Gasteiger partial charge on any atom is -0.481 e. The predicted molar refractivity (Wildman–Crippen MR) is 49.7 cm³/mol. The molecule has 1 aliphatic carbocycles. The molecule has 0 aromatic rings. The maximum atomic E-state index is 11.2. The summed E-state index contributed by atoms with van der Waals surface area (Å²) in [4.78, 5) is 24.0. The zero-order valence-electron chi connectivity index (χ0n) is 8.32. The van der Waals surface area contributed by atoms with Crippen LogP contribution >= 0.6 is 0 Å². The molecular weight excluding hydrogens is 182 g/mol. The van der Waals surface area contributed by atoms with E-state index in [0.717, 1.165) is 25.8 Å². The average molecular weight is 197 g/mol. The number of aliphatic carboxylic acids is 1. The van der Waals surface area contributed by atoms with Gasteiger partial charge in [-0.25, -0.2) is 0 Å². The first kappa shape index (κ1) is 9.49. The molecule has 0 bridgehead atoms. The van der Waals surface area contributed by atoms with Crippen LogP contribution in [-0.2, 0) is 9.59 Å². The van der Waals surface area contributed by atoms with Crippen molar-refractivity contribution in [2.45, 2.75) is 26.2 Å². The molecule has 0 aromatic carbocycles. The molecule has 2 fully saturated rings. The van der Waals surface area contributed by atoms with Crippen LogP contribution in [0.2, 0.25) is 0 Å². The molecule has 2 rings (SSSR count). The number of carboxylic acid groups (broad SMARTS) is 1. The highest BCUT2D eigenvalue weighted by Crippen LogP contribution is 2.56. The van der Waals surface area contributed by atoms with Gasteiger partial charge in [0.1, 0.15) is 0 Å². The van der Waals surface area contributed by atoms with E-state index < -0.39 is 11.4 Å². The highest BCUT2D eigenvalue weighted by Gasteiger charge is 2.61. The molecule has 1 saturated carbocycles. The lowest BCUT2D eigenvalue weighted by Gasteiger charge is -2.22. The molecule has 1 saturated heterocycles. The predicted octanol–water partition coefficient (Wildman–Crippen LogP) is 0.720. The monoisotopic (exact) mass is 197 g/mol. The number of fused-ring (bicyclic) bond motifs is 1. The number of carbonyl (C=O) groups excluding carboxylic acids is 1. The van der Waals surface area contributed by atoms with E-state index in [1.54, 1.807) is 4.90 Å². The van der Waals surface area contributed by atoms with Crippen molar-refractivity contribution in [3.8, 4) is 0 Å². The topological polar surface area (TPSA) is 57.6 Å². The summed E-state index contributed by atoms with van der Waals surface area (Å²) >= 11 is 0. The van der Waals surface area contributed by atoms with Gasteiger partial charge in [0.05, 0.1) is 5.41 Å². The van der Waals surface area contributed by atoms with Crippen molar-refractivity contribution in [1.29, 1.82) is 0 Å². The fourth-order valence-electron chi connectivity index (χ4n) is 2.50. The quantitative estimate of drug-likeness (QED) is 0.673. The number of hydrogen-bond acceptors (Lipinski definition) is 2. The second kappa shape index (κ2) is 2.97. The van der Waals surface area contributed by atoms with Gasteiger partial charge in [0.25, 0.3) is 0 Å². The molecule has 1 heterocycles. The Morgan fingerprint density at radius 2 is 2.21 bits per heavy atom. The van der Waals surface area contributed by atoms with Crippen molar-refractivity contribution >= 4 is 11.9 Å². The van der Waals surface area contributed by atoms with Crippen LogP contribution in [0.15, 0.2) is 0 Å². The fourth-order valence-corrected chi connectivity index (χ4v) is 2.50. The first-order chi connectivity index (χ1) is 6.56. The summed E-state index contributed by atoms with van der Waals surface area (Å²) in [5.74, 6) is -0.418. The molecule has 1 aliphatic heterocycles. The van der Waals surface area contributed by atoms with Gasteiger partial charge < -0.3 is 10.0 Å². The molecule has 14 heavy (non-hydrogen) atoms. The normalized spacial score (nSPS) is 35.8. The van der Waals surface area contributed by atoms with Crippen LogP contribution in [0.4, 0.5) is 0 Å². The Hall–Kier alpha value is -1.06. The Labute approximate surface area is 82.9 Å². The van der Waals surface area contributed by atoms with E-state index in [0.29, 0.717) is 12.5 Å². The number of hydrogen-bond donors (Lipinski definition) is 1. The highest BCUT2D eigenvalue weighted by molar-refractivity contribution is 5.81. The van der Waals surface area contributed by atoms with Crippen molar-refractivity contribution in [3.63, 3.8) is 0 Å². The summed E-state index contributed by atoms with van der Waals surface area (Å²) in [6, 6.07) is 0. The van der Waals surface area contributed by atoms with Crippen molar-refractivity contribution in [2.75, 3.05) is 13.1 Å². The standard InChI is InChI=1S/C10H15NO3/c1-7(12)11-4-2-3-8-5-10(8,6-11)9(13)14/h8H,2-6H2,1H3,(H,13,14). The van der Waals surface area contributed by atoms with Crippen LogP contribution in [0, 0.1) is 11.3 Å². The Balaban J connectivity index is 2.15. The molecule has 1 amide bonds. The lowest BCUT2D eigenvalue weighted by molar-refractivity contribution is -0.145. The van der Waals surface area contributed by atoms with Crippen LogP contribution in [0.5, 0.6) is 0 Å². The molecular formula is C10H15NO3. The average Bonchev–Trinajstić information content (AvgIpc) is 2.74. The number of amides is 1. The lowest BCUT2D eigenvalue weighted by atomic mass is 10.0. The third-order valence-corrected chi connectivity index (χ3v) is 3.56. The van der Waals surface area contributed by atoms with E-state index >= 15 is 0 Å². The molecule has 2 atom stereocenters. The van der Waals surface area contributed by atoms with Gasteiger partial charge in [-0.3, -0.25) is 9.59 Å². The molecule has 1 N–H and O–H groups in total. The van der Waals surface area contributed by atoms with Crippen LogP contribution in [0.25, 0.3) is 0 Å². The van der Waals surface area contributed by atoms with Gasteiger partial charge in [0, 0.05) is 20.0 Å². The van der Waals surface area contributed by atoms with Crippen LogP contribution < -0.4 is 0 Å². The van der Waals surface area contributed by atoms with E-state index in [1.807, 2.05) is 0 Å². The molecule has 0 radical (unpaired) electrons. The third-order valence-electron chi connectivity index (χ3n) is 3.56. The van der Waals surface area contributed by atoms with Crippen LogP contribution in [0.1, 0.15) is 26.2 Å². The molecule has 2 unspecified atom stereocenters. The smallest absolute Gasteiger partial charge is 0.311 e. The van der Waals surface area contributed by atoms with E-state index in [-0.39, 0.29) is 5.91 Å². The molecule has 78 valence electrons.